The minimum Gasteiger partial charge on any atom is -0.295 e. The summed E-state index contributed by atoms with van der Waals surface area (Å²) in [5.41, 5.74) is 2.77. The van der Waals surface area contributed by atoms with E-state index in [0.29, 0.717) is 29.6 Å². The molecule has 1 aliphatic carbocycles. The second-order valence-corrected chi connectivity index (χ2v) is 8.87. The molecule has 0 unspecified atom stereocenters. The first-order valence-corrected chi connectivity index (χ1v) is 11.6. The highest BCUT2D eigenvalue weighted by atomic mass is 32.1. The molecule has 7 heteroatoms. The van der Waals surface area contributed by atoms with Crippen molar-refractivity contribution in [2.45, 2.75) is 45.1 Å². The van der Waals surface area contributed by atoms with Crippen LogP contribution in [0.2, 0.25) is 0 Å². The van der Waals surface area contributed by atoms with Crippen LogP contribution < -0.4 is 0 Å². The van der Waals surface area contributed by atoms with Gasteiger partial charge >= 0.3 is 0 Å². The van der Waals surface area contributed by atoms with E-state index in [4.69, 9.17) is 17.3 Å². The Morgan fingerprint density at radius 2 is 1.82 bits per heavy atom. The normalized spacial score (nSPS) is 14.5. The third-order valence-corrected chi connectivity index (χ3v) is 6.62. The number of pyridine rings is 1. The SMILES string of the molecule is C[C@@H](c1ccccc1F)N(Cn1nc(-c2cccnc2)n(Cc2ccccc2)c1=S)C1CC1. The molecule has 2 aromatic heterocycles. The van der Waals surface area contributed by atoms with Gasteiger partial charge in [0.2, 0.25) is 0 Å². The average Bonchev–Trinajstić information content (AvgIpc) is 3.65. The van der Waals surface area contributed by atoms with E-state index in [9.17, 15) is 4.39 Å². The van der Waals surface area contributed by atoms with Crippen LogP contribution in [0.25, 0.3) is 11.4 Å². The molecule has 168 valence electrons. The van der Waals surface area contributed by atoms with Crippen molar-refractivity contribution in [2.75, 3.05) is 0 Å². The second kappa shape index (κ2) is 9.37. The number of aromatic nitrogens is 4. The summed E-state index contributed by atoms with van der Waals surface area (Å²) in [6, 6.07) is 21.5. The van der Waals surface area contributed by atoms with Gasteiger partial charge in [0.15, 0.2) is 10.6 Å². The van der Waals surface area contributed by atoms with E-state index in [1.807, 2.05) is 53.3 Å². The Bertz CT molecular complexity index is 1280. The van der Waals surface area contributed by atoms with Gasteiger partial charge in [-0.3, -0.25) is 14.5 Å². The third kappa shape index (κ3) is 4.65. The first kappa shape index (κ1) is 21.7. The topological polar surface area (TPSA) is 38.9 Å². The molecule has 0 N–H and O–H groups in total. The fraction of sp³-hybridized carbons (Fsp3) is 0.269. The van der Waals surface area contributed by atoms with Crippen molar-refractivity contribution < 1.29 is 4.39 Å². The quantitative estimate of drug-likeness (QED) is 0.310. The molecule has 0 radical (unpaired) electrons. The summed E-state index contributed by atoms with van der Waals surface area (Å²) in [6.07, 6.45) is 5.77. The van der Waals surface area contributed by atoms with Crippen molar-refractivity contribution >= 4 is 12.2 Å². The summed E-state index contributed by atoms with van der Waals surface area (Å²) >= 11 is 5.91. The van der Waals surface area contributed by atoms with E-state index in [2.05, 4.69) is 33.5 Å². The molecule has 1 aliphatic rings. The zero-order valence-electron chi connectivity index (χ0n) is 18.5. The van der Waals surface area contributed by atoms with Gasteiger partial charge in [-0.1, -0.05) is 48.5 Å². The van der Waals surface area contributed by atoms with Gasteiger partial charge in [-0.05, 0) is 55.7 Å². The maximum absolute atomic E-state index is 14.6. The molecule has 0 aliphatic heterocycles. The van der Waals surface area contributed by atoms with Crippen LogP contribution in [0.3, 0.4) is 0 Å². The predicted octanol–water partition coefficient (Wildman–Crippen LogP) is 5.85. The molecule has 5 rings (SSSR count). The maximum atomic E-state index is 14.6. The van der Waals surface area contributed by atoms with Crippen LogP contribution in [0.15, 0.2) is 79.1 Å². The van der Waals surface area contributed by atoms with Crippen LogP contribution in [0, 0.1) is 10.6 Å². The Morgan fingerprint density at radius 3 is 2.52 bits per heavy atom. The predicted molar refractivity (Wildman–Crippen MR) is 130 cm³/mol. The Kier molecular flexibility index (Phi) is 6.15. The van der Waals surface area contributed by atoms with Gasteiger partial charge in [-0.2, -0.15) is 5.10 Å². The number of halogens is 1. The minimum atomic E-state index is -0.176. The van der Waals surface area contributed by atoms with Crippen molar-refractivity contribution in [1.29, 1.82) is 0 Å². The maximum Gasteiger partial charge on any atom is 0.199 e. The van der Waals surface area contributed by atoms with E-state index in [1.54, 1.807) is 12.3 Å². The first-order valence-electron chi connectivity index (χ1n) is 11.2. The monoisotopic (exact) mass is 459 g/mol. The molecular formula is C26H26FN5S. The molecule has 2 heterocycles. The molecule has 5 nitrogen and oxygen atoms in total. The van der Waals surface area contributed by atoms with E-state index in [-0.39, 0.29) is 11.9 Å². The Balaban J connectivity index is 1.52. The lowest BCUT2D eigenvalue weighted by atomic mass is 10.1. The summed E-state index contributed by atoms with van der Waals surface area (Å²) in [5.74, 6) is 0.608. The molecule has 33 heavy (non-hydrogen) atoms. The Hall–Kier alpha value is -3.16. The van der Waals surface area contributed by atoms with Gasteiger partial charge < -0.3 is 0 Å². The van der Waals surface area contributed by atoms with Crippen LogP contribution in [0.1, 0.15) is 36.9 Å². The molecule has 0 spiro atoms. The van der Waals surface area contributed by atoms with E-state index >= 15 is 0 Å². The fourth-order valence-corrected chi connectivity index (χ4v) is 4.51. The third-order valence-electron chi connectivity index (χ3n) is 6.19. The van der Waals surface area contributed by atoms with Gasteiger partial charge in [0.1, 0.15) is 5.82 Å². The Labute approximate surface area is 198 Å². The number of hydrogen-bond acceptors (Lipinski definition) is 4. The summed E-state index contributed by atoms with van der Waals surface area (Å²) in [7, 11) is 0. The van der Waals surface area contributed by atoms with Crippen LogP contribution in [-0.4, -0.2) is 30.3 Å². The number of nitrogens with zero attached hydrogens (tertiary/aromatic N) is 5. The molecule has 1 saturated carbocycles. The Morgan fingerprint density at radius 1 is 1.06 bits per heavy atom. The average molecular weight is 460 g/mol. The van der Waals surface area contributed by atoms with Crippen molar-refractivity contribution in [2.24, 2.45) is 0 Å². The molecular weight excluding hydrogens is 433 g/mol. The standard InChI is InChI=1S/C26H26FN5S/c1-19(23-11-5-6-12-24(23)27)31(22-13-14-22)18-32-26(33)30(17-20-8-3-2-4-9-20)25(29-32)21-10-7-15-28-16-21/h2-12,15-16,19,22H,13-14,17-18H2,1H3/t19-/m0/s1. The van der Waals surface area contributed by atoms with Gasteiger partial charge in [0.05, 0.1) is 13.2 Å². The van der Waals surface area contributed by atoms with Crippen LogP contribution >= 0.6 is 12.2 Å². The van der Waals surface area contributed by atoms with Gasteiger partial charge in [0, 0.05) is 35.6 Å². The number of rotatable bonds is 8. The molecule has 0 bridgehead atoms. The second-order valence-electron chi connectivity index (χ2n) is 8.50. The molecule has 1 fully saturated rings. The summed E-state index contributed by atoms with van der Waals surface area (Å²) in [5, 5.41) is 4.92. The highest BCUT2D eigenvalue weighted by molar-refractivity contribution is 7.71. The van der Waals surface area contributed by atoms with E-state index < -0.39 is 0 Å². The van der Waals surface area contributed by atoms with Crippen LogP contribution in [0.5, 0.6) is 0 Å². The number of hydrogen-bond donors (Lipinski definition) is 0. The smallest absolute Gasteiger partial charge is 0.199 e. The van der Waals surface area contributed by atoms with Crippen molar-refractivity contribution in [3.8, 4) is 11.4 Å². The molecule has 2 aromatic carbocycles. The lowest BCUT2D eigenvalue weighted by Gasteiger charge is -2.29. The van der Waals surface area contributed by atoms with Crippen molar-refractivity contribution in [3.63, 3.8) is 0 Å². The molecule has 1 atom stereocenters. The fourth-order valence-electron chi connectivity index (χ4n) is 4.26. The van der Waals surface area contributed by atoms with Crippen molar-refractivity contribution in [3.05, 3.63) is 101 Å². The van der Waals surface area contributed by atoms with Crippen LogP contribution in [-0.2, 0) is 13.2 Å². The highest BCUT2D eigenvalue weighted by Gasteiger charge is 2.34. The van der Waals surface area contributed by atoms with Crippen molar-refractivity contribution in [1.82, 2.24) is 24.2 Å². The van der Waals surface area contributed by atoms with Gasteiger partial charge in [-0.25, -0.2) is 9.07 Å². The summed E-state index contributed by atoms with van der Waals surface area (Å²) < 4.78 is 19.1. The van der Waals surface area contributed by atoms with Crippen LogP contribution in [0.4, 0.5) is 4.39 Å². The molecule has 0 amide bonds. The lowest BCUT2D eigenvalue weighted by Crippen LogP contribution is -2.32. The minimum absolute atomic E-state index is 0.0817. The van der Waals surface area contributed by atoms with Gasteiger partial charge in [-0.15, -0.1) is 0 Å². The molecule has 0 saturated heterocycles. The molecule has 4 aromatic rings. The number of benzene rings is 2. The summed E-state index contributed by atoms with van der Waals surface area (Å²) in [6.45, 7) is 3.19. The zero-order valence-corrected chi connectivity index (χ0v) is 19.3. The first-order chi connectivity index (χ1) is 16.1. The lowest BCUT2D eigenvalue weighted by molar-refractivity contribution is 0.139. The zero-order chi connectivity index (χ0) is 22.8. The largest absolute Gasteiger partial charge is 0.295 e. The highest BCUT2D eigenvalue weighted by Crippen LogP contribution is 2.35. The summed E-state index contributed by atoms with van der Waals surface area (Å²) in [4.78, 5) is 6.58. The van der Waals surface area contributed by atoms with Gasteiger partial charge in [0.25, 0.3) is 0 Å². The van der Waals surface area contributed by atoms with E-state index in [1.165, 1.54) is 6.07 Å². The van der Waals surface area contributed by atoms with E-state index in [0.717, 1.165) is 29.8 Å².